The first kappa shape index (κ1) is 14.3. The Kier molecular flexibility index (Phi) is 5.79. The predicted molar refractivity (Wildman–Crippen MR) is 73.9 cm³/mol. The van der Waals surface area contributed by atoms with Crippen LogP contribution in [0.1, 0.15) is 38.2 Å². The van der Waals surface area contributed by atoms with Gasteiger partial charge in [0.25, 0.3) is 0 Å². The van der Waals surface area contributed by atoms with E-state index in [2.05, 4.69) is 13.8 Å². The maximum absolute atomic E-state index is 6.07. The molecule has 0 aliphatic heterocycles. The van der Waals surface area contributed by atoms with Crippen molar-refractivity contribution in [1.82, 2.24) is 0 Å². The molecule has 0 spiro atoms. The molecule has 0 heterocycles. The largest absolute Gasteiger partial charge is 0.496 e. The zero-order valence-electron chi connectivity index (χ0n) is 10.9. The molecule has 0 fully saturated rings. The highest BCUT2D eigenvalue weighted by atomic mass is 35.5. The number of methoxy groups -OCH3 is 1. The van der Waals surface area contributed by atoms with Crippen molar-refractivity contribution in [1.29, 1.82) is 0 Å². The molecular weight excluding hydrogens is 234 g/mol. The van der Waals surface area contributed by atoms with Gasteiger partial charge in [0, 0.05) is 5.02 Å². The lowest BCUT2D eigenvalue weighted by Crippen LogP contribution is -2.11. The fourth-order valence-corrected chi connectivity index (χ4v) is 2.38. The SMILES string of the molecule is COc1ccc(Cl)cc1C(CCN)CC(C)C. The van der Waals surface area contributed by atoms with Crippen molar-refractivity contribution in [2.45, 2.75) is 32.6 Å². The third kappa shape index (κ3) is 4.21. The smallest absolute Gasteiger partial charge is 0.122 e. The molecule has 1 aromatic rings. The van der Waals surface area contributed by atoms with Crippen molar-refractivity contribution >= 4 is 11.6 Å². The maximum Gasteiger partial charge on any atom is 0.122 e. The third-order valence-corrected chi connectivity index (χ3v) is 3.14. The van der Waals surface area contributed by atoms with Crippen LogP contribution in [0.2, 0.25) is 5.02 Å². The fraction of sp³-hybridized carbons (Fsp3) is 0.571. The van der Waals surface area contributed by atoms with Crippen LogP contribution in [0.3, 0.4) is 0 Å². The average molecular weight is 256 g/mol. The number of nitrogens with two attached hydrogens (primary N) is 1. The average Bonchev–Trinajstić information content (AvgIpc) is 2.28. The van der Waals surface area contributed by atoms with Gasteiger partial charge in [-0.15, -0.1) is 0 Å². The number of ether oxygens (including phenoxy) is 1. The molecule has 1 rings (SSSR count). The van der Waals surface area contributed by atoms with E-state index in [0.717, 1.165) is 23.6 Å². The van der Waals surface area contributed by atoms with Crippen LogP contribution in [-0.2, 0) is 0 Å². The van der Waals surface area contributed by atoms with E-state index in [0.29, 0.717) is 18.4 Å². The molecule has 96 valence electrons. The molecule has 0 amide bonds. The van der Waals surface area contributed by atoms with Gasteiger partial charge in [-0.05, 0) is 55.0 Å². The number of hydrogen-bond acceptors (Lipinski definition) is 2. The standard InChI is InChI=1S/C14H22ClNO/c1-10(2)8-11(6-7-16)13-9-12(15)4-5-14(13)17-3/h4-5,9-11H,6-8,16H2,1-3H3. The summed E-state index contributed by atoms with van der Waals surface area (Å²) in [5.41, 5.74) is 6.88. The first-order valence-electron chi connectivity index (χ1n) is 6.12. The van der Waals surface area contributed by atoms with Gasteiger partial charge >= 0.3 is 0 Å². The summed E-state index contributed by atoms with van der Waals surface area (Å²) in [6, 6.07) is 5.80. The summed E-state index contributed by atoms with van der Waals surface area (Å²) in [6.45, 7) is 5.13. The van der Waals surface area contributed by atoms with Crippen molar-refractivity contribution < 1.29 is 4.74 Å². The topological polar surface area (TPSA) is 35.2 Å². The molecule has 0 bridgehead atoms. The van der Waals surface area contributed by atoms with Crippen LogP contribution in [0.5, 0.6) is 5.75 Å². The van der Waals surface area contributed by atoms with E-state index in [-0.39, 0.29) is 0 Å². The highest BCUT2D eigenvalue weighted by Crippen LogP contribution is 2.35. The molecule has 0 aromatic heterocycles. The van der Waals surface area contributed by atoms with Gasteiger partial charge in [-0.3, -0.25) is 0 Å². The lowest BCUT2D eigenvalue weighted by Gasteiger charge is -2.21. The molecule has 1 aromatic carbocycles. The monoisotopic (exact) mass is 255 g/mol. The Balaban J connectivity index is 3.02. The van der Waals surface area contributed by atoms with Gasteiger partial charge in [-0.2, -0.15) is 0 Å². The lowest BCUT2D eigenvalue weighted by atomic mass is 9.87. The molecule has 0 saturated carbocycles. The molecule has 2 nitrogen and oxygen atoms in total. The molecule has 0 aliphatic rings. The molecule has 3 heteroatoms. The second-order valence-electron chi connectivity index (χ2n) is 4.79. The van der Waals surface area contributed by atoms with E-state index in [1.165, 1.54) is 5.56 Å². The van der Waals surface area contributed by atoms with Gasteiger partial charge in [0.15, 0.2) is 0 Å². The minimum atomic E-state index is 0.425. The summed E-state index contributed by atoms with van der Waals surface area (Å²) >= 11 is 6.07. The Bertz CT molecular complexity index is 352. The minimum absolute atomic E-state index is 0.425. The van der Waals surface area contributed by atoms with E-state index in [1.807, 2.05) is 18.2 Å². The zero-order chi connectivity index (χ0) is 12.8. The summed E-state index contributed by atoms with van der Waals surface area (Å²) in [7, 11) is 1.70. The molecule has 17 heavy (non-hydrogen) atoms. The molecule has 1 unspecified atom stereocenters. The van der Waals surface area contributed by atoms with Crippen molar-refractivity contribution in [3.8, 4) is 5.75 Å². The molecule has 0 saturated heterocycles. The normalized spacial score (nSPS) is 12.8. The molecule has 1 atom stereocenters. The van der Waals surface area contributed by atoms with Crippen molar-refractivity contribution in [2.24, 2.45) is 11.7 Å². The highest BCUT2D eigenvalue weighted by Gasteiger charge is 2.17. The summed E-state index contributed by atoms with van der Waals surface area (Å²) in [5.74, 6) is 1.97. The van der Waals surface area contributed by atoms with Crippen LogP contribution in [0.15, 0.2) is 18.2 Å². The van der Waals surface area contributed by atoms with Gasteiger partial charge in [0.1, 0.15) is 5.75 Å². The Labute approximate surface area is 109 Å². The molecular formula is C14H22ClNO. The zero-order valence-corrected chi connectivity index (χ0v) is 11.6. The van der Waals surface area contributed by atoms with E-state index >= 15 is 0 Å². The van der Waals surface area contributed by atoms with Gasteiger partial charge in [-0.1, -0.05) is 25.4 Å². The Morgan fingerprint density at radius 2 is 2.06 bits per heavy atom. The Hall–Kier alpha value is -0.730. The van der Waals surface area contributed by atoms with E-state index in [9.17, 15) is 0 Å². The quantitative estimate of drug-likeness (QED) is 0.839. The third-order valence-electron chi connectivity index (χ3n) is 2.90. The Morgan fingerprint density at radius 1 is 1.35 bits per heavy atom. The molecule has 0 aliphatic carbocycles. The van der Waals surface area contributed by atoms with Crippen LogP contribution in [-0.4, -0.2) is 13.7 Å². The first-order chi connectivity index (χ1) is 8.08. The number of halogens is 1. The predicted octanol–water partition coefficient (Wildman–Crippen LogP) is 3.83. The van der Waals surface area contributed by atoms with Gasteiger partial charge < -0.3 is 10.5 Å². The van der Waals surface area contributed by atoms with Crippen LogP contribution in [0.25, 0.3) is 0 Å². The van der Waals surface area contributed by atoms with Crippen LogP contribution in [0, 0.1) is 5.92 Å². The fourth-order valence-electron chi connectivity index (χ4n) is 2.19. The summed E-state index contributed by atoms with van der Waals surface area (Å²) in [5, 5.41) is 0.756. The number of hydrogen-bond donors (Lipinski definition) is 1. The van der Waals surface area contributed by atoms with Crippen molar-refractivity contribution in [2.75, 3.05) is 13.7 Å². The molecule has 0 radical (unpaired) electrons. The van der Waals surface area contributed by atoms with E-state index < -0.39 is 0 Å². The lowest BCUT2D eigenvalue weighted by molar-refractivity contribution is 0.395. The first-order valence-corrected chi connectivity index (χ1v) is 6.49. The van der Waals surface area contributed by atoms with Crippen molar-refractivity contribution in [3.05, 3.63) is 28.8 Å². The van der Waals surface area contributed by atoms with Gasteiger partial charge in [0.05, 0.1) is 7.11 Å². The second-order valence-corrected chi connectivity index (χ2v) is 5.23. The summed E-state index contributed by atoms with van der Waals surface area (Å²) in [6.07, 6.45) is 2.07. The van der Waals surface area contributed by atoms with E-state index in [4.69, 9.17) is 22.1 Å². The number of benzene rings is 1. The summed E-state index contributed by atoms with van der Waals surface area (Å²) in [4.78, 5) is 0. The van der Waals surface area contributed by atoms with Crippen LogP contribution < -0.4 is 10.5 Å². The Morgan fingerprint density at radius 3 is 2.59 bits per heavy atom. The van der Waals surface area contributed by atoms with Crippen molar-refractivity contribution in [3.63, 3.8) is 0 Å². The second kappa shape index (κ2) is 6.87. The highest BCUT2D eigenvalue weighted by molar-refractivity contribution is 6.30. The number of rotatable bonds is 6. The van der Waals surface area contributed by atoms with Gasteiger partial charge in [-0.25, -0.2) is 0 Å². The van der Waals surface area contributed by atoms with Crippen LogP contribution in [0.4, 0.5) is 0 Å². The van der Waals surface area contributed by atoms with Crippen LogP contribution >= 0.6 is 11.6 Å². The minimum Gasteiger partial charge on any atom is -0.496 e. The van der Waals surface area contributed by atoms with Gasteiger partial charge in [0.2, 0.25) is 0 Å². The molecule has 2 N–H and O–H groups in total. The van der Waals surface area contributed by atoms with E-state index in [1.54, 1.807) is 7.11 Å². The maximum atomic E-state index is 6.07. The summed E-state index contributed by atoms with van der Waals surface area (Å²) < 4.78 is 5.41.